The van der Waals surface area contributed by atoms with Gasteiger partial charge in [-0.05, 0) is 29.1 Å². The maximum Gasteiger partial charge on any atom is 0.233 e. The van der Waals surface area contributed by atoms with E-state index in [4.69, 9.17) is 4.74 Å². The van der Waals surface area contributed by atoms with Crippen LogP contribution in [-0.4, -0.2) is 46.8 Å². The van der Waals surface area contributed by atoms with E-state index < -0.39 is 0 Å². The van der Waals surface area contributed by atoms with Gasteiger partial charge in [0.05, 0.1) is 24.3 Å². The lowest BCUT2D eigenvalue weighted by atomic mass is 10.1. The molecule has 3 aromatic heterocycles. The van der Waals surface area contributed by atoms with Crippen molar-refractivity contribution in [1.29, 1.82) is 0 Å². The molecule has 0 saturated heterocycles. The molecule has 0 radical (unpaired) electrons. The highest BCUT2D eigenvalue weighted by Gasteiger charge is 2.18. The SMILES string of the molecule is COCCN(Cc1cccs1)C(=O)CSc1ncnc2scc(-c3ccc(F)cc3)c12. The Bertz CT molecular complexity index is 1150. The molecule has 0 aliphatic heterocycles. The molecular weight excluding hydrogens is 453 g/mol. The van der Waals surface area contributed by atoms with Gasteiger partial charge in [-0.25, -0.2) is 14.4 Å². The van der Waals surface area contributed by atoms with Crippen LogP contribution in [0.4, 0.5) is 4.39 Å². The molecule has 0 fully saturated rings. The van der Waals surface area contributed by atoms with E-state index in [1.54, 1.807) is 30.6 Å². The predicted octanol–water partition coefficient (Wildman–Crippen LogP) is 5.33. The number of carbonyl (C=O) groups is 1. The van der Waals surface area contributed by atoms with Crippen LogP contribution < -0.4 is 0 Å². The number of nitrogens with zero attached hydrogens (tertiary/aromatic N) is 3. The van der Waals surface area contributed by atoms with Crippen LogP contribution in [0.25, 0.3) is 21.3 Å². The van der Waals surface area contributed by atoms with Crippen LogP contribution >= 0.6 is 34.4 Å². The Kier molecular flexibility index (Phi) is 7.29. The molecule has 0 N–H and O–H groups in total. The van der Waals surface area contributed by atoms with Gasteiger partial charge in [0.2, 0.25) is 5.91 Å². The lowest BCUT2D eigenvalue weighted by molar-refractivity contribution is -0.129. The Morgan fingerprint density at radius 2 is 2.03 bits per heavy atom. The summed E-state index contributed by atoms with van der Waals surface area (Å²) < 4.78 is 18.5. The Morgan fingerprint density at radius 1 is 1.19 bits per heavy atom. The highest BCUT2D eigenvalue weighted by Crippen LogP contribution is 2.37. The van der Waals surface area contributed by atoms with Crippen LogP contribution in [-0.2, 0) is 16.1 Å². The number of rotatable bonds is 9. The third-order valence-electron chi connectivity index (χ3n) is 4.67. The molecule has 5 nitrogen and oxygen atoms in total. The molecule has 0 bridgehead atoms. The number of amides is 1. The zero-order chi connectivity index (χ0) is 21.6. The Labute approximate surface area is 191 Å². The first-order chi connectivity index (χ1) is 15.2. The summed E-state index contributed by atoms with van der Waals surface area (Å²) in [6, 6.07) is 10.4. The minimum absolute atomic E-state index is 0.0285. The molecule has 0 unspecified atom stereocenters. The average Bonchev–Trinajstić information content (AvgIpc) is 3.45. The number of aromatic nitrogens is 2. The monoisotopic (exact) mass is 473 g/mol. The molecule has 0 spiro atoms. The Morgan fingerprint density at radius 3 is 2.77 bits per heavy atom. The first kappa shape index (κ1) is 21.9. The van der Waals surface area contributed by atoms with E-state index >= 15 is 0 Å². The van der Waals surface area contributed by atoms with Gasteiger partial charge in [0.25, 0.3) is 0 Å². The number of hydrogen-bond donors (Lipinski definition) is 0. The van der Waals surface area contributed by atoms with Crippen molar-refractivity contribution in [2.45, 2.75) is 11.6 Å². The number of halogens is 1. The fourth-order valence-corrected chi connectivity index (χ4v) is 5.72. The summed E-state index contributed by atoms with van der Waals surface area (Å²) in [4.78, 5) is 25.6. The third kappa shape index (κ3) is 5.30. The highest BCUT2D eigenvalue weighted by atomic mass is 32.2. The second-order valence-electron chi connectivity index (χ2n) is 6.69. The van der Waals surface area contributed by atoms with Crippen molar-refractivity contribution in [2.24, 2.45) is 0 Å². The number of benzene rings is 1. The van der Waals surface area contributed by atoms with Crippen LogP contribution in [0.3, 0.4) is 0 Å². The van der Waals surface area contributed by atoms with E-state index in [0.29, 0.717) is 19.7 Å². The van der Waals surface area contributed by atoms with Crippen LogP contribution in [0.2, 0.25) is 0 Å². The number of fused-ring (bicyclic) bond motifs is 1. The molecule has 4 rings (SSSR count). The second-order valence-corrected chi connectivity index (χ2v) is 9.55. The van der Waals surface area contributed by atoms with Crippen molar-refractivity contribution in [3.63, 3.8) is 0 Å². The van der Waals surface area contributed by atoms with Gasteiger partial charge in [-0.15, -0.1) is 22.7 Å². The molecule has 4 aromatic rings. The van der Waals surface area contributed by atoms with Crippen LogP contribution in [0, 0.1) is 5.82 Å². The van der Waals surface area contributed by atoms with Gasteiger partial charge >= 0.3 is 0 Å². The molecule has 0 atom stereocenters. The molecule has 3 heterocycles. The Hall–Kier alpha value is -2.33. The van der Waals surface area contributed by atoms with Crippen molar-refractivity contribution >= 4 is 50.6 Å². The van der Waals surface area contributed by atoms with Gasteiger partial charge in [0.1, 0.15) is 22.0 Å². The zero-order valence-electron chi connectivity index (χ0n) is 16.8. The summed E-state index contributed by atoms with van der Waals surface area (Å²) in [5.74, 6) is 0.0160. The average molecular weight is 474 g/mol. The van der Waals surface area contributed by atoms with Crippen molar-refractivity contribution in [1.82, 2.24) is 14.9 Å². The lowest BCUT2D eigenvalue weighted by Crippen LogP contribution is -2.34. The van der Waals surface area contributed by atoms with E-state index in [2.05, 4.69) is 9.97 Å². The Balaban J connectivity index is 1.54. The number of ether oxygens (including phenoxy) is 1. The van der Waals surface area contributed by atoms with Gasteiger partial charge in [-0.2, -0.15) is 0 Å². The zero-order valence-corrected chi connectivity index (χ0v) is 19.2. The molecule has 160 valence electrons. The third-order valence-corrected chi connectivity index (χ3v) is 7.39. The van der Waals surface area contributed by atoms with Gasteiger partial charge in [-0.3, -0.25) is 4.79 Å². The minimum Gasteiger partial charge on any atom is -0.383 e. The van der Waals surface area contributed by atoms with E-state index in [1.807, 2.05) is 27.8 Å². The van der Waals surface area contributed by atoms with Crippen molar-refractivity contribution in [3.8, 4) is 11.1 Å². The van der Waals surface area contributed by atoms with Crippen LogP contribution in [0.1, 0.15) is 4.88 Å². The molecule has 1 aromatic carbocycles. The minimum atomic E-state index is -0.276. The maximum atomic E-state index is 13.4. The van der Waals surface area contributed by atoms with E-state index in [1.165, 1.54) is 41.6 Å². The standard InChI is InChI=1S/C22H20FN3O2S3/c1-28-9-8-26(11-17-3-2-10-29-17)19(27)13-31-22-20-18(12-30-21(20)24-14-25-22)15-4-6-16(23)7-5-15/h2-7,10,12,14H,8-9,11,13H2,1H3. The van der Waals surface area contributed by atoms with E-state index in [9.17, 15) is 9.18 Å². The summed E-state index contributed by atoms with van der Waals surface area (Å²) in [5.41, 5.74) is 1.85. The van der Waals surface area contributed by atoms with Gasteiger partial charge in [-0.1, -0.05) is 30.0 Å². The summed E-state index contributed by atoms with van der Waals surface area (Å²) in [7, 11) is 1.63. The summed E-state index contributed by atoms with van der Waals surface area (Å²) in [5, 5.41) is 5.66. The van der Waals surface area contributed by atoms with Crippen LogP contribution in [0.5, 0.6) is 0 Å². The largest absolute Gasteiger partial charge is 0.383 e. The van der Waals surface area contributed by atoms with Gasteiger partial charge < -0.3 is 9.64 Å². The van der Waals surface area contributed by atoms with Crippen molar-refractivity contribution in [2.75, 3.05) is 26.0 Å². The molecule has 1 amide bonds. The normalized spacial score (nSPS) is 11.2. The summed E-state index contributed by atoms with van der Waals surface area (Å²) in [6.45, 7) is 1.59. The smallest absolute Gasteiger partial charge is 0.233 e. The molecular formula is C22H20FN3O2S3. The fourth-order valence-electron chi connectivity index (χ4n) is 3.10. The first-order valence-electron chi connectivity index (χ1n) is 9.55. The first-order valence-corrected chi connectivity index (χ1v) is 12.3. The number of thioether (sulfide) groups is 1. The topological polar surface area (TPSA) is 55.3 Å². The van der Waals surface area contributed by atoms with Gasteiger partial charge in [0.15, 0.2) is 0 Å². The van der Waals surface area contributed by atoms with Gasteiger partial charge in [0, 0.05) is 29.5 Å². The van der Waals surface area contributed by atoms with Crippen molar-refractivity contribution in [3.05, 3.63) is 64.2 Å². The van der Waals surface area contributed by atoms with Crippen molar-refractivity contribution < 1.29 is 13.9 Å². The number of carbonyl (C=O) groups excluding carboxylic acids is 1. The number of hydrogen-bond acceptors (Lipinski definition) is 7. The van der Waals surface area contributed by atoms with E-state index in [-0.39, 0.29) is 17.5 Å². The quantitative estimate of drug-likeness (QED) is 0.243. The summed E-state index contributed by atoms with van der Waals surface area (Å²) >= 11 is 4.55. The maximum absolute atomic E-state index is 13.4. The lowest BCUT2D eigenvalue weighted by Gasteiger charge is -2.21. The number of methoxy groups -OCH3 is 1. The summed E-state index contributed by atoms with van der Waals surface area (Å²) in [6.07, 6.45) is 1.52. The number of thiophene rings is 2. The fraction of sp³-hybridized carbons (Fsp3) is 0.227. The molecule has 9 heteroatoms. The predicted molar refractivity (Wildman–Crippen MR) is 125 cm³/mol. The highest BCUT2D eigenvalue weighted by molar-refractivity contribution is 8.00. The molecule has 0 aliphatic rings. The molecule has 0 saturated carbocycles. The molecule has 0 aliphatic carbocycles. The second kappa shape index (κ2) is 10.3. The molecule has 31 heavy (non-hydrogen) atoms. The van der Waals surface area contributed by atoms with E-state index in [0.717, 1.165) is 31.2 Å². The van der Waals surface area contributed by atoms with Crippen LogP contribution in [0.15, 0.2) is 58.5 Å².